The van der Waals surface area contributed by atoms with Crippen molar-refractivity contribution < 1.29 is 14.3 Å². The minimum Gasteiger partial charge on any atom is -0.497 e. The van der Waals surface area contributed by atoms with Gasteiger partial charge in [0.05, 0.1) is 7.11 Å². The van der Waals surface area contributed by atoms with Gasteiger partial charge >= 0.3 is 0 Å². The molecule has 0 aliphatic carbocycles. The molecule has 1 N–H and O–H groups in total. The molecule has 2 amide bonds. The van der Waals surface area contributed by atoms with Crippen LogP contribution in [0.3, 0.4) is 0 Å². The number of nitrogens with one attached hydrogen (secondary N) is 1. The van der Waals surface area contributed by atoms with Gasteiger partial charge in [-0.25, -0.2) is 0 Å². The van der Waals surface area contributed by atoms with Crippen molar-refractivity contribution in [2.24, 2.45) is 5.92 Å². The fraction of sp³-hybridized carbons (Fsp3) is 0.474. The summed E-state index contributed by atoms with van der Waals surface area (Å²) in [5.74, 6) is 1.17. The summed E-state index contributed by atoms with van der Waals surface area (Å²) in [6.45, 7) is 5.50. The average Bonchev–Trinajstić information content (AvgIpc) is 2.60. The minimum absolute atomic E-state index is 0.00639. The van der Waals surface area contributed by atoms with Crippen LogP contribution in [0.1, 0.15) is 32.3 Å². The van der Waals surface area contributed by atoms with Crippen LogP contribution in [0.5, 0.6) is 5.75 Å². The molecule has 2 rings (SSSR count). The molecule has 1 saturated heterocycles. The Morgan fingerprint density at radius 2 is 1.88 bits per heavy atom. The number of ether oxygens (including phenoxy) is 1. The molecule has 1 unspecified atom stereocenters. The molecule has 1 aliphatic heterocycles. The van der Waals surface area contributed by atoms with E-state index in [1.807, 2.05) is 29.2 Å². The van der Waals surface area contributed by atoms with Crippen LogP contribution in [0.4, 0.5) is 0 Å². The first-order valence-electron chi connectivity index (χ1n) is 8.41. The SMILES string of the molecule is COc1ccc(/C=C/C(=O)NC(C)C(=O)N2CCC(C)CC2)cc1. The van der Waals surface area contributed by atoms with Crippen molar-refractivity contribution in [2.75, 3.05) is 20.2 Å². The molecule has 1 aromatic rings. The lowest BCUT2D eigenvalue weighted by Crippen LogP contribution is -2.48. The number of carbonyl (C=O) groups is 2. The number of hydrogen-bond donors (Lipinski definition) is 1. The van der Waals surface area contributed by atoms with Crippen LogP contribution in [0.2, 0.25) is 0 Å². The van der Waals surface area contributed by atoms with E-state index >= 15 is 0 Å². The first kappa shape index (κ1) is 18.0. The Hall–Kier alpha value is -2.30. The van der Waals surface area contributed by atoms with E-state index in [2.05, 4.69) is 12.2 Å². The molecule has 0 spiro atoms. The molecular formula is C19H26N2O3. The van der Waals surface area contributed by atoms with Gasteiger partial charge in [0.15, 0.2) is 0 Å². The van der Waals surface area contributed by atoms with Crippen LogP contribution in [0.25, 0.3) is 6.08 Å². The van der Waals surface area contributed by atoms with Crippen LogP contribution in [0, 0.1) is 5.92 Å². The van der Waals surface area contributed by atoms with Crippen LogP contribution < -0.4 is 10.1 Å². The zero-order valence-electron chi connectivity index (χ0n) is 14.6. The molecule has 1 atom stereocenters. The third-order valence-corrected chi connectivity index (χ3v) is 4.37. The van der Waals surface area contributed by atoms with Crippen molar-refractivity contribution in [3.63, 3.8) is 0 Å². The lowest BCUT2D eigenvalue weighted by molar-refractivity contribution is -0.136. The molecular weight excluding hydrogens is 304 g/mol. The predicted molar refractivity (Wildman–Crippen MR) is 94.6 cm³/mol. The normalized spacial score (nSPS) is 16.9. The molecule has 1 heterocycles. The van der Waals surface area contributed by atoms with E-state index in [4.69, 9.17) is 4.74 Å². The van der Waals surface area contributed by atoms with Gasteiger partial charge in [0, 0.05) is 19.2 Å². The van der Waals surface area contributed by atoms with E-state index in [1.54, 1.807) is 20.1 Å². The smallest absolute Gasteiger partial charge is 0.244 e. The van der Waals surface area contributed by atoms with Crippen molar-refractivity contribution in [2.45, 2.75) is 32.7 Å². The molecule has 0 radical (unpaired) electrons. The van der Waals surface area contributed by atoms with Crippen molar-refractivity contribution in [3.8, 4) is 5.75 Å². The van der Waals surface area contributed by atoms with Crippen LogP contribution >= 0.6 is 0 Å². The summed E-state index contributed by atoms with van der Waals surface area (Å²) in [6.07, 6.45) is 5.23. The summed E-state index contributed by atoms with van der Waals surface area (Å²) in [5, 5.41) is 2.74. The second-order valence-electron chi connectivity index (χ2n) is 6.34. The first-order valence-corrected chi connectivity index (χ1v) is 8.41. The van der Waals surface area contributed by atoms with Gasteiger partial charge in [-0.1, -0.05) is 19.1 Å². The van der Waals surface area contributed by atoms with E-state index in [0.717, 1.165) is 37.2 Å². The molecule has 0 saturated carbocycles. The molecule has 5 heteroatoms. The highest BCUT2D eigenvalue weighted by Crippen LogP contribution is 2.16. The molecule has 1 fully saturated rings. The van der Waals surface area contributed by atoms with Gasteiger partial charge < -0.3 is 15.0 Å². The average molecular weight is 330 g/mol. The zero-order chi connectivity index (χ0) is 17.5. The minimum atomic E-state index is -0.508. The number of piperidine rings is 1. The number of amides is 2. The lowest BCUT2D eigenvalue weighted by atomic mass is 9.99. The Labute approximate surface area is 143 Å². The Bertz CT molecular complexity index is 587. The number of hydrogen-bond acceptors (Lipinski definition) is 3. The number of nitrogens with zero attached hydrogens (tertiary/aromatic N) is 1. The fourth-order valence-corrected chi connectivity index (χ4v) is 2.71. The van der Waals surface area contributed by atoms with E-state index in [0.29, 0.717) is 5.92 Å². The van der Waals surface area contributed by atoms with Gasteiger partial charge in [0.2, 0.25) is 11.8 Å². The molecule has 0 bridgehead atoms. The number of rotatable bonds is 5. The highest BCUT2D eigenvalue weighted by molar-refractivity contribution is 5.95. The van der Waals surface area contributed by atoms with Gasteiger partial charge in [0.1, 0.15) is 11.8 Å². The third kappa shape index (κ3) is 5.11. The number of likely N-dealkylation sites (tertiary alicyclic amines) is 1. The van der Waals surface area contributed by atoms with Crippen molar-refractivity contribution >= 4 is 17.9 Å². The fourth-order valence-electron chi connectivity index (χ4n) is 2.71. The Morgan fingerprint density at radius 1 is 1.25 bits per heavy atom. The summed E-state index contributed by atoms with van der Waals surface area (Å²) in [4.78, 5) is 26.2. The van der Waals surface area contributed by atoms with Crippen LogP contribution in [-0.4, -0.2) is 43.0 Å². The maximum Gasteiger partial charge on any atom is 0.244 e. The van der Waals surface area contributed by atoms with E-state index in [9.17, 15) is 9.59 Å². The summed E-state index contributed by atoms with van der Waals surface area (Å²) < 4.78 is 5.09. The summed E-state index contributed by atoms with van der Waals surface area (Å²) in [5.41, 5.74) is 0.898. The topological polar surface area (TPSA) is 58.6 Å². The maximum absolute atomic E-state index is 12.4. The molecule has 130 valence electrons. The standard InChI is InChI=1S/C19H26N2O3/c1-14-10-12-21(13-11-14)19(23)15(2)20-18(22)9-6-16-4-7-17(24-3)8-5-16/h4-9,14-15H,10-13H2,1-3H3,(H,20,22)/b9-6+. The van der Waals surface area contributed by atoms with Crippen molar-refractivity contribution in [3.05, 3.63) is 35.9 Å². The van der Waals surface area contributed by atoms with E-state index in [1.165, 1.54) is 6.08 Å². The van der Waals surface area contributed by atoms with E-state index < -0.39 is 6.04 Å². The lowest BCUT2D eigenvalue weighted by Gasteiger charge is -2.32. The van der Waals surface area contributed by atoms with Crippen LogP contribution in [0.15, 0.2) is 30.3 Å². The third-order valence-electron chi connectivity index (χ3n) is 4.37. The molecule has 0 aromatic heterocycles. The Kier molecular flexibility index (Phi) is 6.41. The van der Waals surface area contributed by atoms with Gasteiger partial charge in [-0.15, -0.1) is 0 Å². The highest BCUT2D eigenvalue weighted by Gasteiger charge is 2.24. The summed E-state index contributed by atoms with van der Waals surface area (Å²) in [7, 11) is 1.61. The van der Waals surface area contributed by atoms with Gasteiger partial charge in [-0.05, 0) is 49.5 Å². The number of benzene rings is 1. The first-order chi connectivity index (χ1) is 11.5. The van der Waals surface area contributed by atoms with Gasteiger partial charge in [-0.2, -0.15) is 0 Å². The quantitative estimate of drug-likeness (QED) is 0.844. The van der Waals surface area contributed by atoms with Crippen LogP contribution in [-0.2, 0) is 9.59 Å². The zero-order valence-corrected chi connectivity index (χ0v) is 14.6. The maximum atomic E-state index is 12.4. The van der Waals surface area contributed by atoms with Crippen molar-refractivity contribution in [1.82, 2.24) is 10.2 Å². The van der Waals surface area contributed by atoms with Gasteiger partial charge in [-0.3, -0.25) is 9.59 Å². The molecule has 5 nitrogen and oxygen atoms in total. The number of carbonyl (C=O) groups excluding carboxylic acids is 2. The Morgan fingerprint density at radius 3 is 2.46 bits per heavy atom. The second kappa shape index (κ2) is 8.52. The second-order valence-corrected chi connectivity index (χ2v) is 6.34. The largest absolute Gasteiger partial charge is 0.497 e. The predicted octanol–water partition coefficient (Wildman–Crippen LogP) is 2.47. The molecule has 1 aliphatic rings. The van der Waals surface area contributed by atoms with E-state index in [-0.39, 0.29) is 11.8 Å². The molecule has 24 heavy (non-hydrogen) atoms. The Balaban J connectivity index is 1.84. The summed E-state index contributed by atoms with van der Waals surface area (Å²) in [6, 6.07) is 6.90. The monoisotopic (exact) mass is 330 g/mol. The summed E-state index contributed by atoms with van der Waals surface area (Å²) >= 11 is 0. The van der Waals surface area contributed by atoms with Gasteiger partial charge in [0.25, 0.3) is 0 Å². The highest BCUT2D eigenvalue weighted by atomic mass is 16.5. The molecule has 1 aromatic carbocycles. The number of methoxy groups -OCH3 is 1. The van der Waals surface area contributed by atoms with Crippen molar-refractivity contribution in [1.29, 1.82) is 0 Å².